The molecule has 2 aromatic rings. The minimum Gasteiger partial charge on any atom is -1.00 e. The molecule has 0 fully saturated rings. The van der Waals surface area contributed by atoms with Gasteiger partial charge in [0, 0.05) is 0 Å². The Bertz CT molecular complexity index is 447. The molecule has 0 saturated carbocycles. The summed E-state index contributed by atoms with van der Waals surface area (Å²) in [6, 6.07) is 10.9. The van der Waals surface area contributed by atoms with E-state index in [-0.39, 0.29) is 56.8 Å². The van der Waals surface area contributed by atoms with Crippen LogP contribution in [0.4, 0.5) is 4.39 Å². The van der Waals surface area contributed by atoms with Crippen molar-refractivity contribution in [2.75, 3.05) is 0 Å². The van der Waals surface area contributed by atoms with E-state index in [1.165, 1.54) is 17.2 Å². The molecule has 0 N–H and O–H groups in total. The third-order valence-corrected chi connectivity index (χ3v) is 2.49. The molecule has 0 saturated heterocycles. The van der Waals surface area contributed by atoms with Gasteiger partial charge in [-0.3, -0.25) is 0 Å². The Morgan fingerprint density at radius 2 is 1.47 bits per heavy atom. The molecule has 0 amide bonds. The molecule has 0 unspecified atom stereocenters. The van der Waals surface area contributed by atoms with Crippen LogP contribution in [0.2, 0.25) is 0 Å². The zero-order valence-corrected chi connectivity index (χ0v) is 13.6. The Morgan fingerprint density at radius 3 is 1.94 bits per heavy atom. The van der Waals surface area contributed by atoms with Crippen molar-refractivity contribution in [1.82, 2.24) is 0 Å². The molecular weight excluding hydrogens is 337 g/mol. The molecule has 0 atom stereocenters. The summed E-state index contributed by atoms with van der Waals surface area (Å²) >= 11 is 0. The van der Waals surface area contributed by atoms with E-state index in [0.717, 1.165) is 11.1 Å². The topological polar surface area (TPSA) is 0 Å². The normalized spacial score (nSPS) is 8.65. The monoisotopic (exact) mass is 347 g/mol. The van der Waals surface area contributed by atoms with Crippen LogP contribution in [0.1, 0.15) is 11.1 Å². The first-order valence-corrected chi connectivity index (χ1v) is 4.67. The van der Waals surface area contributed by atoms with Gasteiger partial charge >= 0.3 is 26.2 Å². The maximum Gasteiger partial charge on any atom is 3.00 e. The molecule has 0 aliphatic carbocycles. The number of hydrogen-bond acceptors (Lipinski definition) is 0. The van der Waals surface area contributed by atoms with Gasteiger partial charge in [0.15, 0.2) is 0 Å². The molecule has 1 radical (unpaired) electrons. The van der Waals surface area contributed by atoms with Crippen molar-refractivity contribution in [3.63, 3.8) is 0 Å². The van der Waals surface area contributed by atoms with Gasteiger partial charge in [0.2, 0.25) is 0 Å². The molecule has 17 heavy (non-hydrogen) atoms. The molecule has 89 valence electrons. The molecule has 0 nitrogen and oxygen atoms in total. The molecule has 0 heterocycles. The van der Waals surface area contributed by atoms with E-state index < -0.39 is 0 Å². The largest absolute Gasteiger partial charge is 3.00 e. The second kappa shape index (κ2) is 8.13. The molecule has 0 spiro atoms. The molecule has 0 bridgehead atoms. The third-order valence-electron chi connectivity index (χ3n) is 2.49. The number of benzene rings is 1. The smallest absolute Gasteiger partial charge is 1.00 e. The number of halogens is 3. The molecule has 0 aliphatic rings. The van der Waals surface area contributed by atoms with Gasteiger partial charge in [-0.1, -0.05) is 31.5 Å². The predicted octanol–water partition coefficient (Wildman–Crippen LogP) is -2.17. The van der Waals surface area contributed by atoms with Crippen molar-refractivity contribution in [3.05, 3.63) is 53.3 Å². The van der Waals surface area contributed by atoms with E-state index in [0.29, 0.717) is 0 Å². The van der Waals surface area contributed by atoms with Gasteiger partial charge in [0.25, 0.3) is 0 Å². The van der Waals surface area contributed by atoms with Gasteiger partial charge in [-0.25, -0.2) is 4.39 Å². The van der Waals surface area contributed by atoms with E-state index in [1.807, 2.05) is 19.9 Å². The maximum atomic E-state index is 13.0. The molecule has 2 aromatic carbocycles. The van der Waals surface area contributed by atoms with Crippen molar-refractivity contribution < 1.29 is 55.4 Å². The van der Waals surface area contributed by atoms with Crippen LogP contribution in [0.25, 0.3) is 11.1 Å². The minimum atomic E-state index is -0.178. The van der Waals surface area contributed by atoms with Crippen molar-refractivity contribution in [2.24, 2.45) is 0 Å². The molecule has 0 aliphatic heterocycles. The van der Waals surface area contributed by atoms with E-state index >= 15 is 0 Å². The Balaban J connectivity index is 0. The van der Waals surface area contributed by atoms with Crippen LogP contribution in [0.5, 0.6) is 0 Å². The van der Waals surface area contributed by atoms with Crippen LogP contribution in [-0.2, 0) is 26.2 Å². The summed E-state index contributed by atoms with van der Waals surface area (Å²) in [5.41, 5.74) is 4.52. The molecule has 2 rings (SSSR count). The average molecular weight is 349 g/mol. The number of aryl methyl sites for hydroxylation is 2. The van der Waals surface area contributed by atoms with Crippen molar-refractivity contribution in [2.45, 2.75) is 13.8 Å². The van der Waals surface area contributed by atoms with Gasteiger partial charge in [0.05, 0.1) is 5.82 Å². The standard InChI is InChI=1S/C13H12F.2ClH.Zr/c1-9-6-7-10(2)13(9)11-4-3-5-12(14)8-11;;;/h3-8H,1-2H3;2*1H;/q-1;;;+3/p-2. The van der Waals surface area contributed by atoms with Crippen molar-refractivity contribution in [1.29, 1.82) is 0 Å². The second-order valence-electron chi connectivity index (χ2n) is 3.58. The predicted molar refractivity (Wildman–Crippen MR) is 56.9 cm³/mol. The fraction of sp³-hybridized carbons (Fsp3) is 0.154. The SMILES string of the molecule is Cc1ccc(C)[c-]1-c1cccc(F)c1.[Cl-].[Cl-].[Zr+3]. The van der Waals surface area contributed by atoms with Crippen molar-refractivity contribution >= 4 is 0 Å². The average Bonchev–Trinajstić information content (AvgIpc) is 2.46. The third kappa shape index (κ3) is 4.28. The quantitative estimate of drug-likeness (QED) is 0.515. The first-order valence-electron chi connectivity index (χ1n) is 4.67. The number of rotatable bonds is 1. The molecular formula is C13H12Cl2FZr. The summed E-state index contributed by atoms with van der Waals surface area (Å²) in [4.78, 5) is 0. The minimum absolute atomic E-state index is 0. The van der Waals surface area contributed by atoms with E-state index in [1.54, 1.807) is 12.1 Å². The maximum absolute atomic E-state index is 13.0. The summed E-state index contributed by atoms with van der Waals surface area (Å²) in [5.74, 6) is -0.178. The van der Waals surface area contributed by atoms with Gasteiger partial charge in [-0.2, -0.15) is 0 Å². The van der Waals surface area contributed by atoms with Crippen LogP contribution >= 0.6 is 0 Å². The first-order chi connectivity index (χ1) is 6.68. The Kier molecular flexibility index (Phi) is 9.24. The Hall–Kier alpha value is -0.0369. The summed E-state index contributed by atoms with van der Waals surface area (Å²) in [7, 11) is 0. The van der Waals surface area contributed by atoms with Gasteiger partial charge < -0.3 is 24.8 Å². The van der Waals surface area contributed by atoms with Gasteiger partial charge in [0.1, 0.15) is 0 Å². The Morgan fingerprint density at radius 1 is 0.941 bits per heavy atom. The zero-order valence-electron chi connectivity index (χ0n) is 9.60. The summed E-state index contributed by atoms with van der Waals surface area (Å²) < 4.78 is 13.0. The van der Waals surface area contributed by atoms with E-state index in [2.05, 4.69) is 12.1 Å². The molecule has 4 heteroatoms. The van der Waals surface area contributed by atoms with Crippen LogP contribution in [0.15, 0.2) is 36.4 Å². The summed E-state index contributed by atoms with van der Waals surface area (Å²) in [5, 5.41) is 0. The van der Waals surface area contributed by atoms with Crippen LogP contribution in [0, 0.1) is 19.7 Å². The molecule has 0 aromatic heterocycles. The second-order valence-corrected chi connectivity index (χ2v) is 3.58. The fourth-order valence-corrected chi connectivity index (χ4v) is 1.83. The zero-order chi connectivity index (χ0) is 10.1. The van der Waals surface area contributed by atoms with E-state index in [4.69, 9.17) is 0 Å². The van der Waals surface area contributed by atoms with Crippen molar-refractivity contribution in [3.8, 4) is 11.1 Å². The number of hydrogen-bond donors (Lipinski definition) is 0. The van der Waals surface area contributed by atoms with Crippen LogP contribution in [-0.4, -0.2) is 0 Å². The summed E-state index contributed by atoms with van der Waals surface area (Å²) in [6.07, 6.45) is 0. The fourth-order valence-electron chi connectivity index (χ4n) is 1.83. The summed E-state index contributed by atoms with van der Waals surface area (Å²) in [6.45, 7) is 4.10. The van der Waals surface area contributed by atoms with Crippen LogP contribution in [0.3, 0.4) is 0 Å². The van der Waals surface area contributed by atoms with Gasteiger partial charge in [-0.05, 0) is 6.07 Å². The van der Waals surface area contributed by atoms with Gasteiger partial charge in [-0.15, -0.1) is 34.9 Å². The Labute approximate surface area is 133 Å². The van der Waals surface area contributed by atoms with E-state index in [9.17, 15) is 4.39 Å². The first kappa shape index (κ1) is 19.3. The van der Waals surface area contributed by atoms with Crippen LogP contribution < -0.4 is 24.8 Å².